The number of carbonyl (C=O) groups is 1. The topological polar surface area (TPSA) is 41.1 Å². The van der Waals surface area contributed by atoms with Crippen molar-refractivity contribution in [1.29, 1.82) is 0 Å². The first kappa shape index (κ1) is 9.00. The molecule has 3 heteroatoms. The average Bonchev–Trinajstić information content (AvgIpc) is 2.82. The molecule has 2 rings (SSSR count). The van der Waals surface area contributed by atoms with Gasteiger partial charge in [-0.05, 0) is 25.7 Å². The quantitative estimate of drug-likeness (QED) is 0.675. The molecule has 0 spiro atoms. The molecule has 0 aromatic rings. The molecule has 0 saturated heterocycles. The van der Waals surface area contributed by atoms with Gasteiger partial charge >= 0.3 is 0 Å². The van der Waals surface area contributed by atoms with E-state index in [1.54, 1.807) is 0 Å². The molecule has 2 aliphatic rings. The monoisotopic (exact) mass is 182 g/mol. The Morgan fingerprint density at radius 1 is 1.08 bits per heavy atom. The summed E-state index contributed by atoms with van der Waals surface area (Å²) in [6.45, 7) is 0.515. The van der Waals surface area contributed by atoms with Gasteiger partial charge in [-0.3, -0.25) is 4.79 Å². The normalized spacial score (nSPS) is 23.4. The number of carbonyl (C=O) groups excluding carboxylic acids is 1. The second-order valence-corrected chi connectivity index (χ2v) is 4.20. The first-order valence-electron chi connectivity index (χ1n) is 5.37. The molecule has 2 N–H and O–H groups in total. The fourth-order valence-corrected chi connectivity index (χ4v) is 1.87. The van der Waals surface area contributed by atoms with Crippen molar-refractivity contribution in [2.24, 2.45) is 0 Å². The van der Waals surface area contributed by atoms with Gasteiger partial charge in [0.25, 0.3) is 0 Å². The van der Waals surface area contributed by atoms with Gasteiger partial charge in [-0.15, -0.1) is 0 Å². The molecule has 0 aliphatic heterocycles. The molecule has 2 aliphatic carbocycles. The maximum atomic E-state index is 11.4. The lowest BCUT2D eigenvalue weighted by atomic mass is 10.2. The van der Waals surface area contributed by atoms with E-state index in [0.29, 0.717) is 18.6 Å². The van der Waals surface area contributed by atoms with Crippen molar-refractivity contribution in [1.82, 2.24) is 10.6 Å². The van der Waals surface area contributed by atoms with Crippen molar-refractivity contribution in [2.45, 2.75) is 50.6 Å². The van der Waals surface area contributed by atoms with Gasteiger partial charge in [-0.1, -0.05) is 12.8 Å². The maximum absolute atomic E-state index is 11.4. The number of hydrogen-bond donors (Lipinski definition) is 2. The largest absolute Gasteiger partial charge is 0.352 e. The predicted molar refractivity (Wildman–Crippen MR) is 51.4 cm³/mol. The highest BCUT2D eigenvalue weighted by molar-refractivity contribution is 5.78. The van der Waals surface area contributed by atoms with E-state index in [0.717, 1.165) is 0 Å². The first-order valence-corrected chi connectivity index (χ1v) is 5.37. The fraction of sp³-hybridized carbons (Fsp3) is 0.900. The average molecular weight is 182 g/mol. The first-order chi connectivity index (χ1) is 6.34. The molecule has 0 bridgehead atoms. The van der Waals surface area contributed by atoms with Crippen LogP contribution < -0.4 is 10.6 Å². The highest BCUT2D eigenvalue weighted by Crippen LogP contribution is 2.19. The SMILES string of the molecule is O=C(CNC1CC1)NC1CCCC1. The summed E-state index contributed by atoms with van der Waals surface area (Å²) in [5.74, 6) is 0.179. The van der Waals surface area contributed by atoms with Crippen LogP contribution in [0.25, 0.3) is 0 Å². The number of rotatable bonds is 4. The van der Waals surface area contributed by atoms with Crippen LogP contribution >= 0.6 is 0 Å². The Hall–Kier alpha value is -0.570. The minimum absolute atomic E-state index is 0.179. The number of nitrogens with one attached hydrogen (secondary N) is 2. The van der Waals surface area contributed by atoms with E-state index in [9.17, 15) is 4.79 Å². The smallest absolute Gasteiger partial charge is 0.234 e. The van der Waals surface area contributed by atoms with Gasteiger partial charge in [-0.2, -0.15) is 0 Å². The Morgan fingerprint density at radius 3 is 2.38 bits per heavy atom. The Labute approximate surface area is 79.3 Å². The van der Waals surface area contributed by atoms with E-state index in [1.807, 2.05) is 0 Å². The van der Waals surface area contributed by atoms with E-state index in [2.05, 4.69) is 10.6 Å². The molecule has 2 saturated carbocycles. The van der Waals surface area contributed by atoms with Crippen LogP contribution in [0.3, 0.4) is 0 Å². The predicted octanol–water partition coefficient (Wildman–Crippen LogP) is 0.797. The number of amides is 1. The van der Waals surface area contributed by atoms with E-state index in [4.69, 9.17) is 0 Å². The van der Waals surface area contributed by atoms with Gasteiger partial charge in [0, 0.05) is 12.1 Å². The second kappa shape index (κ2) is 4.09. The standard InChI is InChI=1S/C10H18N2O/c13-10(7-11-8-5-6-8)12-9-3-1-2-4-9/h8-9,11H,1-7H2,(H,12,13). The summed E-state index contributed by atoms with van der Waals surface area (Å²) in [6, 6.07) is 1.10. The molecule has 0 aromatic heterocycles. The highest BCUT2D eigenvalue weighted by atomic mass is 16.1. The summed E-state index contributed by atoms with van der Waals surface area (Å²) >= 11 is 0. The zero-order valence-electron chi connectivity index (χ0n) is 8.01. The molecule has 3 nitrogen and oxygen atoms in total. The maximum Gasteiger partial charge on any atom is 0.234 e. The molecule has 0 aromatic carbocycles. The van der Waals surface area contributed by atoms with Crippen LogP contribution in [-0.4, -0.2) is 24.5 Å². The molecule has 1 amide bonds. The van der Waals surface area contributed by atoms with Crippen molar-refractivity contribution >= 4 is 5.91 Å². The van der Waals surface area contributed by atoms with Crippen molar-refractivity contribution in [3.8, 4) is 0 Å². The molecule has 2 fully saturated rings. The van der Waals surface area contributed by atoms with Crippen LogP contribution in [0.15, 0.2) is 0 Å². The van der Waals surface area contributed by atoms with Crippen molar-refractivity contribution in [3.63, 3.8) is 0 Å². The van der Waals surface area contributed by atoms with Crippen LogP contribution in [0.5, 0.6) is 0 Å². The van der Waals surface area contributed by atoms with Crippen LogP contribution in [0.2, 0.25) is 0 Å². The summed E-state index contributed by atoms with van der Waals surface area (Å²) in [6.07, 6.45) is 7.40. The van der Waals surface area contributed by atoms with Crippen LogP contribution in [-0.2, 0) is 4.79 Å². The molecule has 0 heterocycles. The third kappa shape index (κ3) is 2.99. The molecular formula is C10H18N2O. The Balaban J connectivity index is 1.59. The lowest BCUT2D eigenvalue weighted by Crippen LogP contribution is -2.39. The zero-order valence-corrected chi connectivity index (χ0v) is 8.01. The summed E-state index contributed by atoms with van der Waals surface area (Å²) in [5.41, 5.74) is 0. The molecule has 74 valence electrons. The third-order valence-corrected chi connectivity index (χ3v) is 2.85. The van der Waals surface area contributed by atoms with Gasteiger partial charge in [-0.25, -0.2) is 0 Å². The van der Waals surface area contributed by atoms with E-state index < -0.39 is 0 Å². The minimum atomic E-state index is 0.179. The van der Waals surface area contributed by atoms with E-state index in [-0.39, 0.29) is 5.91 Å². The van der Waals surface area contributed by atoms with Crippen LogP contribution in [0.1, 0.15) is 38.5 Å². The Kier molecular flexibility index (Phi) is 2.83. The van der Waals surface area contributed by atoms with Gasteiger partial charge in [0.05, 0.1) is 6.54 Å². The molecule has 13 heavy (non-hydrogen) atoms. The minimum Gasteiger partial charge on any atom is -0.352 e. The Bertz CT molecular complexity index is 183. The fourth-order valence-electron chi connectivity index (χ4n) is 1.87. The molecular weight excluding hydrogens is 164 g/mol. The van der Waals surface area contributed by atoms with Gasteiger partial charge < -0.3 is 10.6 Å². The summed E-state index contributed by atoms with van der Waals surface area (Å²) in [4.78, 5) is 11.4. The molecule has 0 atom stereocenters. The molecule has 0 radical (unpaired) electrons. The van der Waals surface area contributed by atoms with Crippen molar-refractivity contribution in [3.05, 3.63) is 0 Å². The summed E-state index contributed by atoms with van der Waals surface area (Å²) < 4.78 is 0. The van der Waals surface area contributed by atoms with Gasteiger partial charge in [0.1, 0.15) is 0 Å². The Morgan fingerprint density at radius 2 is 1.77 bits per heavy atom. The third-order valence-electron chi connectivity index (χ3n) is 2.85. The van der Waals surface area contributed by atoms with Gasteiger partial charge in [0.2, 0.25) is 5.91 Å². The van der Waals surface area contributed by atoms with Crippen molar-refractivity contribution < 1.29 is 4.79 Å². The summed E-state index contributed by atoms with van der Waals surface area (Å²) in [7, 11) is 0. The van der Waals surface area contributed by atoms with E-state index in [1.165, 1.54) is 38.5 Å². The van der Waals surface area contributed by atoms with Crippen LogP contribution in [0, 0.1) is 0 Å². The number of hydrogen-bond acceptors (Lipinski definition) is 2. The summed E-state index contributed by atoms with van der Waals surface area (Å²) in [5, 5.41) is 6.28. The second-order valence-electron chi connectivity index (χ2n) is 4.20. The lowest BCUT2D eigenvalue weighted by Gasteiger charge is -2.11. The lowest BCUT2D eigenvalue weighted by molar-refractivity contribution is -0.120. The van der Waals surface area contributed by atoms with E-state index >= 15 is 0 Å². The van der Waals surface area contributed by atoms with Gasteiger partial charge in [0.15, 0.2) is 0 Å². The van der Waals surface area contributed by atoms with Crippen LogP contribution in [0.4, 0.5) is 0 Å². The highest BCUT2D eigenvalue weighted by Gasteiger charge is 2.22. The van der Waals surface area contributed by atoms with Crippen molar-refractivity contribution in [2.75, 3.05) is 6.54 Å². The molecule has 0 unspecified atom stereocenters. The zero-order chi connectivity index (χ0) is 9.10.